The van der Waals surface area contributed by atoms with E-state index >= 15 is 0 Å². The fourth-order valence-corrected chi connectivity index (χ4v) is 7.77. The van der Waals surface area contributed by atoms with Crippen molar-refractivity contribution in [3.05, 3.63) is 144 Å². The van der Waals surface area contributed by atoms with Crippen LogP contribution in [0.3, 0.4) is 0 Å². The van der Waals surface area contributed by atoms with Crippen LogP contribution in [-0.2, 0) is 19.3 Å². The molecule has 3 aliphatic rings. The molecule has 0 bridgehead atoms. The van der Waals surface area contributed by atoms with Crippen molar-refractivity contribution in [1.82, 2.24) is 9.13 Å². The first kappa shape index (κ1) is 24.1. The first-order chi connectivity index (χ1) is 20.8. The molecule has 0 N–H and O–H groups in total. The van der Waals surface area contributed by atoms with E-state index in [4.69, 9.17) is 0 Å². The van der Waals surface area contributed by atoms with E-state index in [1.54, 1.807) is 0 Å². The summed E-state index contributed by atoms with van der Waals surface area (Å²) in [5.74, 6) is 1.36. The molecule has 0 saturated heterocycles. The fraction of sp³-hybridized carbons (Fsp3) is 0.200. The van der Waals surface area contributed by atoms with E-state index < -0.39 is 0 Å². The van der Waals surface area contributed by atoms with Gasteiger partial charge in [-0.1, -0.05) is 85.0 Å². The van der Waals surface area contributed by atoms with Crippen LogP contribution in [0.4, 0.5) is 0 Å². The quantitative estimate of drug-likeness (QED) is 0.197. The van der Waals surface area contributed by atoms with Gasteiger partial charge in [-0.05, 0) is 103 Å². The summed E-state index contributed by atoms with van der Waals surface area (Å²) >= 11 is 0. The summed E-state index contributed by atoms with van der Waals surface area (Å²) in [4.78, 5) is 0. The standard InChI is InChI=1S/C40H34N2/c1-2-4-15-37-32(11-3-1)33-12-5-7-16-38(33)41(37)30-22-18-27(19-23-30)28-20-24-31(25-21-28)42-39-17-8-6-13-34(39)35-14-9-10-29-26-36(29)40(35)42/h1,3,5-10,12-13,16-25,29,36H,2,4,11,14-15,26H2/b3-1-. The molecule has 4 aromatic carbocycles. The highest BCUT2D eigenvalue weighted by Gasteiger charge is 2.42. The van der Waals surface area contributed by atoms with Crippen LogP contribution in [0.1, 0.15) is 47.7 Å². The molecule has 9 rings (SSSR count). The van der Waals surface area contributed by atoms with Crippen LogP contribution in [0.5, 0.6) is 0 Å². The molecule has 1 saturated carbocycles. The molecule has 0 aliphatic heterocycles. The number of rotatable bonds is 3. The Morgan fingerprint density at radius 3 is 1.93 bits per heavy atom. The van der Waals surface area contributed by atoms with Gasteiger partial charge in [-0.25, -0.2) is 0 Å². The average molecular weight is 543 g/mol. The SMILES string of the molecule is C1=CC2CC2c2c(c3ccccc3n2-c2ccc(-c3ccc(-n4c5c(c6ccccc64)C/C=C\CCC5)cc3)cc2)C1. The van der Waals surface area contributed by atoms with E-state index in [1.807, 2.05) is 0 Å². The van der Waals surface area contributed by atoms with Gasteiger partial charge < -0.3 is 9.13 Å². The van der Waals surface area contributed by atoms with Crippen molar-refractivity contribution in [3.8, 4) is 22.5 Å². The number of para-hydroxylation sites is 2. The maximum Gasteiger partial charge on any atom is 0.0534 e. The molecule has 2 heteroatoms. The van der Waals surface area contributed by atoms with Crippen molar-refractivity contribution in [2.45, 2.75) is 44.4 Å². The van der Waals surface area contributed by atoms with Gasteiger partial charge in [0.1, 0.15) is 0 Å². The predicted octanol–water partition coefficient (Wildman–Crippen LogP) is 9.89. The largest absolute Gasteiger partial charge is 0.313 e. The van der Waals surface area contributed by atoms with E-state index in [2.05, 4.69) is 131 Å². The number of hydrogen-bond donors (Lipinski definition) is 0. The molecule has 204 valence electrons. The first-order valence-electron chi connectivity index (χ1n) is 15.6. The van der Waals surface area contributed by atoms with Crippen LogP contribution in [0, 0.1) is 5.92 Å². The van der Waals surface area contributed by atoms with E-state index in [9.17, 15) is 0 Å². The van der Waals surface area contributed by atoms with Gasteiger partial charge in [-0.15, -0.1) is 0 Å². The third kappa shape index (κ3) is 3.71. The normalized spacial score (nSPS) is 19.9. The van der Waals surface area contributed by atoms with Gasteiger partial charge in [0.25, 0.3) is 0 Å². The van der Waals surface area contributed by atoms with Crippen molar-refractivity contribution in [1.29, 1.82) is 0 Å². The van der Waals surface area contributed by atoms with Gasteiger partial charge >= 0.3 is 0 Å². The third-order valence-corrected chi connectivity index (χ3v) is 9.86. The van der Waals surface area contributed by atoms with Gasteiger partial charge in [0.15, 0.2) is 0 Å². The second-order valence-electron chi connectivity index (χ2n) is 12.3. The molecule has 1 fully saturated rings. The summed E-state index contributed by atoms with van der Waals surface area (Å²) in [6.45, 7) is 0. The highest BCUT2D eigenvalue weighted by Crippen LogP contribution is 2.53. The van der Waals surface area contributed by atoms with Gasteiger partial charge in [-0.2, -0.15) is 0 Å². The summed E-state index contributed by atoms with van der Waals surface area (Å²) in [5.41, 5.74) is 13.7. The number of benzene rings is 4. The van der Waals surface area contributed by atoms with Crippen LogP contribution >= 0.6 is 0 Å². The van der Waals surface area contributed by atoms with Gasteiger partial charge in [0.05, 0.1) is 11.0 Å². The fourth-order valence-electron chi connectivity index (χ4n) is 7.77. The topological polar surface area (TPSA) is 9.86 Å². The smallest absolute Gasteiger partial charge is 0.0534 e. The minimum atomic E-state index is 0.651. The predicted molar refractivity (Wildman–Crippen MR) is 175 cm³/mol. The zero-order chi connectivity index (χ0) is 27.6. The molecule has 2 atom stereocenters. The average Bonchev–Trinajstić information content (AvgIpc) is 3.67. The number of fused-ring (bicyclic) bond motifs is 8. The van der Waals surface area contributed by atoms with Gasteiger partial charge in [0.2, 0.25) is 0 Å². The van der Waals surface area contributed by atoms with Crippen LogP contribution in [0.2, 0.25) is 0 Å². The van der Waals surface area contributed by atoms with Crippen molar-refractivity contribution in [2.75, 3.05) is 0 Å². The molecule has 2 heterocycles. The Kier molecular flexibility index (Phi) is 5.44. The lowest BCUT2D eigenvalue weighted by Gasteiger charge is -2.15. The second-order valence-corrected chi connectivity index (χ2v) is 12.3. The van der Waals surface area contributed by atoms with Crippen molar-refractivity contribution in [3.63, 3.8) is 0 Å². The van der Waals surface area contributed by atoms with Crippen molar-refractivity contribution in [2.24, 2.45) is 5.92 Å². The number of aromatic nitrogens is 2. The minimum Gasteiger partial charge on any atom is -0.313 e. The molecular weight excluding hydrogens is 508 g/mol. The lowest BCUT2D eigenvalue weighted by molar-refractivity contribution is 0.782. The second kappa shape index (κ2) is 9.49. The van der Waals surface area contributed by atoms with E-state index in [-0.39, 0.29) is 0 Å². The highest BCUT2D eigenvalue weighted by molar-refractivity contribution is 5.89. The Morgan fingerprint density at radius 1 is 0.571 bits per heavy atom. The summed E-state index contributed by atoms with van der Waals surface area (Å²) < 4.78 is 5.06. The molecule has 0 radical (unpaired) electrons. The number of hydrogen-bond acceptors (Lipinski definition) is 0. The molecule has 2 aromatic heterocycles. The Bertz CT molecular complexity index is 2030. The Labute approximate surface area is 247 Å². The number of nitrogens with zero attached hydrogens (tertiary/aromatic N) is 2. The monoisotopic (exact) mass is 542 g/mol. The Morgan fingerprint density at radius 2 is 1.19 bits per heavy atom. The zero-order valence-electron chi connectivity index (χ0n) is 23.8. The van der Waals surface area contributed by atoms with E-state index in [0.717, 1.165) is 25.7 Å². The van der Waals surface area contributed by atoms with E-state index in [1.165, 1.54) is 79.7 Å². The molecule has 6 aromatic rings. The minimum absolute atomic E-state index is 0.651. The molecule has 0 amide bonds. The lowest BCUT2D eigenvalue weighted by atomic mass is 10.0. The summed E-state index contributed by atoms with van der Waals surface area (Å²) in [7, 11) is 0. The van der Waals surface area contributed by atoms with Crippen LogP contribution < -0.4 is 0 Å². The summed E-state index contributed by atoms with van der Waals surface area (Å²) in [5, 5.41) is 2.80. The molecule has 2 unspecified atom stereocenters. The van der Waals surface area contributed by atoms with Crippen molar-refractivity contribution >= 4 is 21.8 Å². The van der Waals surface area contributed by atoms with E-state index in [0.29, 0.717) is 11.8 Å². The molecule has 2 nitrogen and oxygen atoms in total. The Hall–Kier alpha value is -4.56. The Balaban J connectivity index is 1.09. The van der Waals surface area contributed by atoms with Gasteiger partial charge in [-0.3, -0.25) is 0 Å². The third-order valence-electron chi connectivity index (χ3n) is 9.86. The lowest BCUT2D eigenvalue weighted by Crippen LogP contribution is -2.03. The first-order valence-corrected chi connectivity index (χ1v) is 15.6. The van der Waals surface area contributed by atoms with Crippen LogP contribution in [0.25, 0.3) is 44.3 Å². The summed E-state index contributed by atoms with van der Waals surface area (Å²) in [6.07, 6.45) is 16.4. The maximum atomic E-state index is 2.55. The maximum absolute atomic E-state index is 2.55. The zero-order valence-corrected chi connectivity index (χ0v) is 23.8. The van der Waals surface area contributed by atoms with Crippen LogP contribution in [-0.4, -0.2) is 9.13 Å². The molecule has 0 spiro atoms. The van der Waals surface area contributed by atoms with Crippen molar-refractivity contribution < 1.29 is 0 Å². The molecule has 3 aliphatic carbocycles. The summed E-state index contributed by atoms with van der Waals surface area (Å²) in [6, 6.07) is 36.4. The van der Waals surface area contributed by atoms with Crippen LogP contribution in [0.15, 0.2) is 121 Å². The number of allylic oxidation sites excluding steroid dienone is 4. The van der Waals surface area contributed by atoms with Gasteiger partial charge in [0, 0.05) is 39.5 Å². The molecule has 42 heavy (non-hydrogen) atoms. The highest BCUT2D eigenvalue weighted by atomic mass is 15.0. The molecular formula is C40H34N2.